The lowest BCUT2D eigenvalue weighted by Crippen LogP contribution is -2.19. The van der Waals surface area contributed by atoms with Crippen LogP contribution in [0.15, 0.2) is 41.1 Å². The van der Waals surface area contributed by atoms with Gasteiger partial charge in [-0.1, -0.05) is 39.7 Å². The predicted octanol–water partition coefficient (Wildman–Crippen LogP) is 4.31. The van der Waals surface area contributed by atoms with Crippen molar-refractivity contribution in [2.45, 2.75) is 19.4 Å². The average Bonchev–Trinajstić information content (AvgIpc) is 2.39. The van der Waals surface area contributed by atoms with E-state index in [2.05, 4.69) is 51.4 Å². The Kier molecular flexibility index (Phi) is 4.97. The minimum absolute atomic E-state index is 0.217. The van der Waals surface area contributed by atoms with Crippen molar-refractivity contribution in [3.8, 4) is 0 Å². The van der Waals surface area contributed by atoms with E-state index in [-0.39, 0.29) is 6.04 Å². The fourth-order valence-corrected chi connectivity index (χ4v) is 3.04. The summed E-state index contributed by atoms with van der Waals surface area (Å²) in [5.41, 5.74) is 3.58. The number of halogens is 2. The maximum atomic E-state index is 6.18. The van der Waals surface area contributed by atoms with Gasteiger partial charge in [0, 0.05) is 22.9 Å². The molecule has 1 heterocycles. The van der Waals surface area contributed by atoms with Crippen molar-refractivity contribution < 1.29 is 0 Å². The number of nitrogens with one attached hydrogen (secondary N) is 1. The fourth-order valence-electron chi connectivity index (χ4n) is 2.07. The highest BCUT2D eigenvalue weighted by atomic mass is 79.9. The number of aromatic nitrogens is 1. The second-order valence-electron chi connectivity index (χ2n) is 4.54. The van der Waals surface area contributed by atoms with Gasteiger partial charge in [0.05, 0.1) is 5.02 Å². The normalized spacial score (nSPS) is 12.4. The molecule has 1 aromatic heterocycles. The van der Waals surface area contributed by atoms with E-state index in [1.54, 1.807) is 12.4 Å². The Morgan fingerprint density at radius 1 is 1.37 bits per heavy atom. The van der Waals surface area contributed by atoms with Crippen LogP contribution in [0.5, 0.6) is 0 Å². The monoisotopic (exact) mass is 338 g/mol. The standard InChI is InChI=1S/C15H16BrClN2/c1-10-3-4-12(13(16)7-10)15(18-2)8-11-5-6-19-9-14(11)17/h3-7,9,15,18H,8H2,1-2H3. The molecule has 1 aromatic carbocycles. The summed E-state index contributed by atoms with van der Waals surface area (Å²) in [4.78, 5) is 4.02. The zero-order valence-electron chi connectivity index (χ0n) is 11.0. The molecule has 19 heavy (non-hydrogen) atoms. The highest BCUT2D eigenvalue weighted by molar-refractivity contribution is 9.10. The van der Waals surface area contributed by atoms with Gasteiger partial charge in [-0.2, -0.15) is 0 Å². The van der Waals surface area contributed by atoms with Crippen LogP contribution >= 0.6 is 27.5 Å². The van der Waals surface area contributed by atoms with Gasteiger partial charge in [-0.3, -0.25) is 4.98 Å². The maximum Gasteiger partial charge on any atom is 0.0622 e. The molecule has 0 spiro atoms. The number of likely N-dealkylation sites (N-methyl/N-ethyl adjacent to an activating group) is 1. The summed E-state index contributed by atoms with van der Waals surface area (Å²) >= 11 is 9.81. The molecule has 4 heteroatoms. The van der Waals surface area contributed by atoms with Crippen LogP contribution in [0.4, 0.5) is 0 Å². The first-order valence-electron chi connectivity index (χ1n) is 6.13. The fraction of sp³-hybridized carbons (Fsp3) is 0.267. The smallest absolute Gasteiger partial charge is 0.0622 e. The van der Waals surface area contributed by atoms with E-state index in [0.717, 1.165) is 16.5 Å². The Balaban J connectivity index is 2.28. The lowest BCUT2D eigenvalue weighted by Gasteiger charge is -2.19. The summed E-state index contributed by atoms with van der Waals surface area (Å²) in [6.07, 6.45) is 4.30. The summed E-state index contributed by atoms with van der Waals surface area (Å²) in [6, 6.07) is 8.59. The van der Waals surface area contributed by atoms with Crippen molar-refractivity contribution in [3.05, 3.63) is 62.8 Å². The van der Waals surface area contributed by atoms with E-state index in [9.17, 15) is 0 Å². The molecule has 0 fully saturated rings. The molecule has 0 amide bonds. The van der Waals surface area contributed by atoms with E-state index < -0.39 is 0 Å². The third kappa shape index (κ3) is 3.56. The third-order valence-corrected chi connectivity index (χ3v) is 4.19. The van der Waals surface area contributed by atoms with E-state index in [0.29, 0.717) is 5.02 Å². The molecule has 2 nitrogen and oxygen atoms in total. The largest absolute Gasteiger partial charge is 0.313 e. The first kappa shape index (κ1) is 14.5. The number of aryl methyl sites for hydroxylation is 1. The Labute approximate surface area is 127 Å². The molecule has 0 saturated carbocycles. The van der Waals surface area contributed by atoms with Gasteiger partial charge < -0.3 is 5.32 Å². The van der Waals surface area contributed by atoms with Crippen LogP contribution in [0.1, 0.15) is 22.7 Å². The Bertz CT molecular complexity index is 572. The van der Waals surface area contributed by atoms with Gasteiger partial charge >= 0.3 is 0 Å². The summed E-state index contributed by atoms with van der Waals surface area (Å²) < 4.78 is 1.12. The predicted molar refractivity (Wildman–Crippen MR) is 83.6 cm³/mol. The molecule has 2 aromatic rings. The minimum atomic E-state index is 0.217. The van der Waals surface area contributed by atoms with Gasteiger partial charge in [-0.05, 0) is 49.2 Å². The van der Waals surface area contributed by atoms with Crippen LogP contribution < -0.4 is 5.32 Å². The van der Waals surface area contributed by atoms with Crippen molar-refractivity contribution in [3.63, 3.8) is 0 Å². The van der Waals surface area contributed by atoms with Crippen LogP contribution in [0.3, 0.4) is 0 Å². The summed E-state index contributed by atoms with van der Waals surface area (Å²) in [5.74, 6) is 0. The molecule has 0 aliphatic rings. The first-order chi connectivity index (χ1) is 9.11. The SMILES string of the molecule is CNC(Cc1ccncc1Cl)c1ccc(C)cc1Br. The highest BCUT2D eigenvalue weighted by Crippen LogP contribution is 2.28. The van der Waals surface area contributed by atoms with E-state index in [1.165, 1.54) is 11.1 Å². The Hall–Kier alpha value is -0.900. The zero-order chi connectivity index (χ0) is 13.8. The van der Waals surface area contributed by atoms with Crippen LogP contribution in [-0.4, -0.2) is 12.0 Å². The number of hydrogen-bond acceptors (Lipinski definition) is 2. The zero-order valence-corrected chi connectivity index (χ0v) is 13.3. The topological polar surface area (TPSA) is 24.9 Å². The van der Waals surface area contributed by atoms with Crippen LogP contribution in [-0.2, 0) is 6.42 Å². The highest BCUT2D eigenvalue weighted by Gasteiger charge is 2.14. The molecule has 1 atom stereocenters. The maximum absolute atomic E-state index is 6.18. The number of nitrogens with zero attached hydrogens (tertiary/aromatic N) is 1. The van der Waals surface area contributed by atoms with Crippen molar-refractivity contribution in [1.29, 1.82) is 0 Å². The van der Waals surface area contributed by atoms with Crippen molar-refractivity contribution in [2.75, 3.05) is 7.05 Å². The molecular weight excluding hydrogens is 324 g/mol. The van der Waals surface area contributed by atoms with Crippen molar-refractivity contribution in [2.24, 2.45) is 0 Å². The van der Waals surface area contributed by atoms with Gasteiger partial charge in [-0.25, -0.2) is 0 Å². The molecule has 0 bridgehead atoms. The second kappa shape index (κ2) is 6.51. The quantitative estimate of drug-likeness (QED) is 0.898. The molecule has 0 radical (unpaired) electrons. The molecular formula is C15H16BrClN2. The van der Waals surface area contributed by atoms with Crippen molar-refractivity contribution in [1.82, 2.24) is 10.3 Å². The average molecular weight is 340 g/mol. The lowest BCUT2D eigenvalue weighted by molar-refractivity contribution is 0.589. The first-order valence-corrected chi connectivity index (χ1v) is 7.30. The van der Waals surface area contributed by atoms with Gasteiger partial charge in [-0.15, -0.1) is 0 Å². The molecule has 0 aliphatic heterocycles. The Morgan fingerprint density at radius 2 is 2.16 bits per heavy atom. The van der Waals surface area contributed by atoms with E-state index in [1.807, 2.05) is 13.1 Å². The molecule has 2 rings (SSSR count). The summed E-state index contributed by atoms with van der Waals surface area (Å²) in [7, 11) is 1.96. The van der Waals surface area contributed by atoms with E-state index in [4.69, 9.17) is 11.6 Å². The lowest BCUT2D eigenvalue weighted by atomic mass is 9.99. The number of pyridine rings is 1. The van der Waals surface area contributed by atoms with Gasteiger partial charge in [0.15, 0.2) is 0 Å². The molecule has 0 aliphatic carbocycles. The van der Waals surface area contributed by atoms with Crippen LogP contribution in [0.2, 0.25) is 5.02 Å². The number of hydrogen-bond donors (Lipinski definition) is 1. The second-order valence-corrected chi connectivity index (χ2v) is 5.80. The van der Waals surface area contributed by atoms with Crippen LogP contribution in [0.25, 0.3) is 0 Å². The Morgan fingerprint density at radius 3 is 2.79 bits per heavy atom. The number of rotatable bonds is 4. The van der Waals surface area contributed by atoms with Crippen molar-refractivity contribution >= 4 is 27.5 Å². The minimum Gasteiger partial charge on any atom is -0.313 e. The molecule has 0 saturated heterocycles. The van der Waals surface area contributed by atoms with Crippen LogP contribution in [0, 0.1) is 6.92 Å². The van der Waals surface area contributed by atoms with Gasteiger partial charge in [0.25, 0.3) is 0 Å². The van der Waals surface area contributed by atoms with Gasteiger partial charge in [0.1, 0.15) is 0 Å². The molecule has 1 unspecified atom stereocenters. The summed E-state index contributed by atoms with van der Waals surface area (Å²) in [5, 5.41) is 4.06. The number of benzene rings is 1. The summed E-state index contributed by atoms with van der Waals surface area (Å²) in [6.45, 7) is 2.09. The third-order valence-electron chi connectivity index (χ3n) is 3.16. The molecule has 100 valence electrons. The van der Waals surface area contributed by atoms with Gasteiger partial charge in [0.2, 0.25) is 0 Å². The molecule has 1 N–H and O–H groups in total. The van der Waals surface area contributed by atoms with E-state index >= 15 is 0 Å².